The third-order valence-corrected chi connectivity index (χ3v) is 6.09. The quantitative estimate of drug-likeness (QED) is 0.464. The minimum atomic E-state index is -1.39. The Bertz CT molecular complexity index is 1230. The first-order valence-electron chi connectivity index (χ1n) is 11.2. The summed E-state index contributed by atoms with van der Waals surface area (Å²) < 4.78 is 22.7. The van der Waals surface area contributed by atoms with E-state index in [2.05, 4.69) is 5.32 Å². The van der Waals surface area contributed by atoms with Crippen LogP contribution in [0.2, 0.25) is 0 Å². The van der Waals surface area contributed by atoms with Crippen molar-refractivity contribution in [3.05, 3.63) is 77.9 Å². The van der Waals surface area contributed by atoms with Crippen molar-refractivity contribution in [3.8, 4) is 28.7 Å². The van der Waals surface area contributed by atoms with E-state index in [1.165, 1.54) is 12.8 Å². The maximum Gasteiger partial charge on any atom is 0.415 e. The lowest BCUT2D eigenvalue weighted by Crippen LogP contribution is -2.33. The number of amides is 2. The van der Waals surface area contributed by atoms with E-state index in [0.29, 0.717) is 17.2 Å². The van der Waals surface area contributed by atoms with Crippen LogP contribution in [0, 0.1) is 5.92 Å². The lowest BCUT2D eigenvalue weighted by Gasteiger charge is -2.20. The van der Waals surface area contributed by atoms with E-state index in [9.17, 15) is 9.59 Å². The maximum atomic E-state index is 12.3. The van der Waals surface area contributed by atoms with Gasteiger partial charge in [-0.25, -0.2) is 4.79 Å². The molecule has 1 atom stereocenters. The zero-order chi connectivity index (χ0) is 23.7. The molecule has 1 N–H and O–H groups in total. The van der Waals surface area contributed by atoms with Gasteiger partial charge >= 0.3 is 6.09 Å². The van der Waals surface area contributed by atoms with Crippen LogP contribution in [-0.2, 0) is 21.6 Å². The van der Waals surface area contributed by atoms with Crippen molar-refractivity contribution < 1.29 is 28.5 Å². The monoisotopic (exact) mass is 459 g/mol. The molecule has 3 aromatic rings. The van der Waals surface area contributed by atoms with Gasteiger partial charge in [-0.2, -0.15) is 0 Å². The molecule has 0 unspecified atom stereocenters. The van der Waals surface area contributed by atoms with Crippen molar-refractivity contribution in [1.82, 2.24) is 5.32 Å². The molecule has 34 heavy (non-hydrogen) atoms. The van der Waals surface area contributed by atoms with Gasteiger partial charge in [0.25, 0.3) is 5.91 Å². The predicted molar refractivity (Wildman–Crippen MR) is 124 cm³/mol. The van der Waals surface area contributed by atoms with Crippen LogP contribution in [0.1, 0.15) is 30.9 Å². The normalized spacial score (nSPS) is 19.4. The van der Waals surface area contributed by atoms with Gasteiger partial charge in [-0.05, 0) is 92.3 Å². The third-order valence-electron chi connectivity index (χ3n) is 6.09. The van der Waals surface area contributed by atoms with Crippen molar-refractivity contribution in [3.63, 3.8) is 0 Å². The number of imide groups is 1. The Morgan fingerprint density at radius 3 is 2.29 bits per heavy atom. The van der Waals surface area contributed by atoms with Gasteiger partial charge < -0.3 is 18.9 Å². The summed E-state index contributed by atoms with van der Waals surface area (Å²) in [5, 5.41) is 2.18. The summed E-state index contributed by atoms with van der Waals surface area (Å²) in [7, 11) is 1.63. The number of cyclic esters (lactones) is 1. The molecular formula is C27H25NO6. The zero-order valence-corrected chi connectivity index (χ0v) is 19.0. The molecule has 1 aliphatic heterocycles. The average Bonchev–Trinajstić information content (AvgIpc) is 3.60. The molecule has 5 rings (SSSR count). The lowest BCUT2D eigenvalue weighted by atomic mass is 9.95. The second-order valence-electron chi connectivity index (χ2n) is 8.70. The van der Waals surface area contributed by atoms with Crippen molar-refractivity contribution in [1.29, 1.82) is 0 Å². The van der Waals surface area contributed by atoms with Crippen molar-refractivity contribution in [2.75, 3.05) is 7.11 Å². The van der Waals surface area contributed by atoms with Gasteiger partial charge in [0.2, 0.25) is 5.60 Å². The Morgan fingerprint density at radius 2 is 1.62 bits per heavy atom. The number of hydrogen-bond acceptors (Lipinski definition) is 6. The number of carbonyl (C=O) groups excluding carboxylic acids is 2. The second kappa shape index (κ2) is 8.74. The summed E-state index contributed by atoms with van der Waals surface area (Å²) in [6.07, 6.45) is 2.55. The number of methoxy groups -OCH3 is 1. The Morgan fingerprint density at radius 1 is 0.912 bits per heavy atom. The van der Waals surface area contributed by atoms with Crippen LogP contribution in [-0.4, -0.2) is 19.1 Å². The van der Waals surface area contributed by atoms with Crippen molar-refractivity contribution in [2.45, 2.75) is 31.8 Å². The van der Waals surface area contributed by atoms with E-state index in [0.717, 1.165) is 35.0 Å². The molecule has 7 nitrogen and oxygen atoms in total. The number of benzene rings is 3. The zero-order valence-electron chi connectivity index (χ0n) is 19.0. The SMILES string of the molecule is COc1ccc(Oc2ccc(Oc3cccc([C@]4(C)OC(=O)NC4=O)c3)c(CC3CC3)c2)cc1. The summed E-state index contributed by atoms with van der Waals surface area (Å²) in [6.45, 7) is 1.57. The summed E-state index contributed by atoms with van der Waals surface area (Å²) in [5.74, 6) is 3.64. The predicted octanol–water partition coefficient (Wildman–Crippen LogP) is 5.71. The van der Waals surface area contributed by atoms with Gasteiger partial charge in [-0.15, -0.1) is 0 Å². The fourth-order valence-electron chi connectivity index (χ4n) is 3.93. The molecule has 174 valence electrons. The standard InChI is InChI=1S/C27H25NO6/c1-27(25(29)28-26(30)34-27)19-4-3-5-22(16-19)33-24-13-12-23(15-18(24)14-17-6-7-17)32-21-10-8-20(31-2)9-11-21/h3-5,8-13,15-17H,6-7,14H2,1-2H3,(H,28,29,30)/t27-/m0/s1. The van der Waals surface area contributed by atoms with Gasteiger partial charge in [0.05, 0.1) is 7.11 Å². The minimum Gasteiger partial charge on any atom is -0.497 e. The number of nitrogens with one attached hydrogen (secondary N) is 1. The molecule has 0 aromatic heterocycles. The first kappa shape index (κ1) is 21.8. The van der Waals surface area contributed by atoms with E-state index in [4.69, 9.17) is 18.9 Å². The van der Waals surface area contributed by atoms with Crippen LogP contribution in [0.25, 0.3) is 0 Å². The molecular weight excluding hydrogens is 434 g/mol. The third kappa shape index (κ3) is 4.55. The largest absolute Gasteiger partial charge is 0.497 e. The highest BCUT2D eigenvalue weighted by molar-refractivity contribution is 6.03. The van der Waals surface area contributed by atoms with Gasteiger partial charge in [-0.3, -0.25) is 10.1 Å². The molecule has 2 aliphatic rings. The van der Waals surface area contributed by atoms with Crippen LogP contribution in [0.5, 0.6) is 28.7 Å². The summed E-state index contributed by atoms with van der Waals surface area (Å²) in [4.78, 5) is 23.8. The summed E-state index contributed by atoms with van der Waals surface area (Å²) >= 11 is 0. The van der Waals surface area contributed by atoms with Crippen molar-refractivity contribution in [2.24, 2.45) is 5.92 Å². The van der Waals surface area contributed by atoms with E-state index in [1.54, 1.807) is 32.2 Å². The molecule has 1 aliphatic carbocycles. The van der Waals surface area contributed by atoms with Crippen LogP contribution < -0.4 is 19.5 Å². The lowest BCUT2D eigenvalue weighted by molar-refractivity contribution is -0.130. The highest BCUT2D eigenvalue weighted by Gasteiger charge is 2.46. The number of carbonyl (C=O) groups is 2. The Hall–Kier alpha value is -4.00. The molecule has 2 amide bonds. The first-order valence-corrected chi connectivity index (χ1v) is 11.2. The first-order chi connectivity index (χ1) is 16.4. The van der Waals surface area contributed by atoms with Crippen molar-refractivity contribution >= 4 is 12.0 Å². The Labute approximate surface area is 197 Å². The van der Waals surface area contributed by atoms with E-state index >= 15 is 0 Å². The smallest absolute Gasteiger partial charge is 0.415 e. The Kier molecular flexibility index (Phi) is 5.61. The molecule has 1 saturated carbocycles. The maximum absolute atomic E-state index is 12.3. The van der Waals surface area contributed by atoms with E-state index in [-0.39, 0.29) is 0 Å². The molecule has 1 heterocycles. The molecule has 2 fully saturated rings. The number of rotatable bonds is 8. The number of alkyl carbamates (subject to hydrolysis) is 1. The minimum absolute atomic E-state index is 0.496. The second-order valence-corrected chi connectivity index (χ2v) is 8.70. The van der Waals surface area contributed by atoms with Gasteiger partial charge in [0, 0.05) is 5.56 Å². The van der Waals surface area contributed by atoms with Crippen LogP contribution >= 0.6 is 0 Å². The highest BCUT2D eigenvalue weighted by Crippen LogP contribution is 2.39. The fraction of sp³-hybridized carbons (Fsp3) is 0.259. The average molecular weight is 459 g/mol. The molecule has 0 bridgehead atoms. The van der Waals surface area contributed by atoms with Crippen LogP contribution in [0.4, 0.5) is 4.79 Å². The Balaban J connectivity index is 1.39. The highest BCUT2D eigenvalue weighted by atomic mass is 16.6. The molecule has 0 radical (unpaired) electrons. The molecule has 7 heteroatoms. The number of hydrogen-bond donors (Lipinski definition) is 1. The number of ether oxygens (including phenoxy) is 4. The topological polar surface area (TPSA) is 83.1 Å². The van der Waals surface area contributed by atoms with Crippen LogP contribution in [0.15, 0.2) is 66.7 Å². The van der Waals surface area contributed by atoms with E-state index in [1.807, 2.05) is 48.5 Å². The van der Waals surface area contributed by atoms with Crippen LogP contribution in [0.3, 0.4) is 0 Å². The summed E-state index contributed by atoms with van der Waals surface area (Å²) in [6, 6.07) is 20.3. The fourth-order valence-corrected chi connectivity index (χ4v) is 3.93. The van der Waals surface area contributed by atoms with Gasteiger partial charge in [0.1, 0.15) is 28.7 Å². The van der Waals surface area contributed by atoms with Gasteiger partial charge in [0.15, 0.2) is 0 Å². The molecule has 0 spiro atoms. The van der Waals surface area contributed by atoms with E-state index < -0.39 is 17.6 Å². The molecule has 3 aromatic carbocycles. The molecule has 1 saturated heterocycles. The summed E-state index contributed by atoms with van der Waals surface area (Å²) in [5.41, 5.74) is 0.204. The van der Waals surface area contributed by atoms with Gasteiger partial charge in [-0.1, -0.05) is 12.1 Å².